The van der Waals surface area contributed by atoms with Crippen LogP contribution in [0.1, 0.15) is 35.1 Å². The van der Waals surface area contributed by atoms with Crippen molar-refractivity contribution in [2.45, 2.75) is 18.8 Å². The van der Waals surface area contributed by atoms with Crippen LogP contribution in [0.4, 0.5) is 4.39 Å². The van der Waals surface area contributed by atoms with Gasteiger partial charge in [0.2, 0.25) is 0 Å². The number of imidazole rings is 1. The molecule has 0 spiro atoms. The van der Waals surface area contributed by atoms with E-state index in [9.17, 15) is 9.18 Å². The van der Waals surface area contributed by atoms with E-state index in [0.717, 1.165) is 40.6 Å². The largest absolute Gasteiger partial charge is 0.351 e. The number of carbonyl (C=O) groups is 1. The molecule has 5 rings (SSSR count). The van der Waals surface area contributed by atoms with E-state index < -0.39 is 0 Å². The van der Waals surface area contributed by atoms with Crippen LogP contribution in [0.25, 0.3) is 21.9 Å². The predicted octanol–water partition coefficient (Wildman–Crippen LogP) is 4.20. The van der Waals surface area contributed by atoms with Gasteiger partial charge in [0, 0.05) is 29.9 Å². The fraction of sp³-hybridized carbons (Fsp3) is 0.238. The van der Waals surface area contributed by atoms with Crippen molar-refractivity contribution < 1.29 is 9.18 Å². The molecule has 5 nitrogen and oxygen atoms in total. The zero-order valence-electron chi connectivity index (χ0n) is 14.7. The molecule has 1 saturated heterocycles. The molecule has 136 valence electrons. The second-order valence-corrected chi connectivity index (χ2v) is 7.12. The number of nitrogens with one attached hydrogen (secondary N) is 2. The Bertz CT molecular complexity index is 1100. The summed E-state index contributed by atoms with van der Waals surface area (Å²) in [6.07, 6.45) is 1.75. The number of aromatic amines is 2. The van der Waals surface area contributed by atoms with E-state index in [4.69, 9.17) is 4.98 Å². The summed E-state index contributed by atoms with van der Waals surface area (Å²) >= 11 is 0. The molecular weight excluding hydrogens is 343 g/mol. The highest BCUT2D eigenvalue weighted by atomic mass is 19.1. The van der Waals surface area contributed by atoms with Gasteiger partial charge in [-0.1, -0.05) is 12.1 Å². The molecule has 2 N–H and O–H groups in total. The Morgan fingerprint density at radius 3 is 2.67 bits per heavy atom. The first-order chi connectivity index (χ1) is 13.2. The molecular formula is C21H19FN4O. The van der Waals surface area contributed by atoms with Crippen molar-refractivity contribution in [3.8, 4) is 0 Å². The van der Waals surface area contributed by atoms with Crippen LogP contribution in [0.5, 0.6) is 0 Å². The molecule has 1 aliphatic rings. The quantitative estimate of drug-likeness (QED) is 0.561. The molecule has 1 fully saturated rings. The maximum atomic E-state index is 13.4. The average molecular weight is 362 g/mol. The molecule has 2 aromatic carbocycles. The van der Waals surface area contributed by atoms with E-state index >= 15 is 0 Å². The molecule has 3 heterocycles. The summed E-state index contributed by atoms with van der Waals surface area (Å²) in [5.74, 6) is 1.00. The van der Waals surface area contributed by atoms with Crippen molar-refractivity contribution in [1.82, 2.24) is 19.9 Å². The number of hydrogen-bond donors (Lipinski definition) is 2. The Hall–Kier alpha value is -3.15. The highest BCUT2D eigenvalue weighted by molar-refractivity contribution is 5.98. The Morgan fingerprint density at radius 2 is 1.85 bits per heavy atom. The Morgan fingerprint density at radius 1 is 1.04 bits per heavy atom. The molecule has 0 saturated carbocycles. The van der Waals surface area contributed by atoms with Crippen molar-refractivity contribution in [3.05, 3.63) is 65.9 Å². The zero-order chi connectivity index (χ0) is 18.4. The van der Waals surface area contributed by atoms with Gasteiger partial charge in [0.1, 0.15) is 17.3 Å². The van der Waals surface area contributed by atoms with Gasteiger partial charge in [-0.05, 0) is 49.2 Å². The third-order valence-corrected chi connectivity index (χ3v) is 5.39. The summed E-state index contributed by atoms with van der Waals surface area (Å²) in [4.78, 5) is 25.9. The SMILES string of the molecule is O=C(c1cc2cc(F)ccc2[nH]1)N1CCC(c2nc3ccccc3[nH]2)CC1. The third-order valence-electron chi connectivity index (χ3n) is 5.39. The molecule has 0 bridgehead atoms. The number of carbonyl (C=O) groups excluding carboxylic acids is 1. The van der Waals surface area contributed by atoms with Gasteiger partial charge < -0.3 is 14.9 Å². The van der Waals surface area contributed by atoms with Crippen LogP contribution in [0.3, 0.4) is 0 Å². The molecule has 1 amide bonds. The van der Waals surface area contributed by atoms with Crippen molar-refractivity contribution in [3.63, 3.8) is 0 Å². The smallest absolute Gasteiger partial charge is 0.270 e. The van der Waals surface area contributed by atoms with E-state index in [1.807, 2.05) is 29.2 Å². The molecule has 27 heavy (non-hydrogen) atoms. The first-order valence-electron chi connectivity index (χ1n) is 9.19. The summed E-state index contributed by atoms with van der Waals surface area (Å²) in [7, 11) is 0. The highest BCUT2D eigenvalue weighted by Crippen LogP contribution is 2.28. The highest BCUT2D eigenvalue weighted by Gasteiger charge is 2.27. The van der Waals surface area contributed by atoms with Crippen LogP contribution < -0.4 is 0 Å². The number of piperidine rings is 1. The van der Waals surface area contributed by atoms with E-state index in [-0.39, 0.29) is 11.7 Å². The molecule has 0 unspecified atom stereocenters. The number of likely N-dealkylation sites (tertiary alicyclic amines) is 1. The monoisotopic (exact) mass is 362 g/mol. The van der Waals surface area contributed by atoms with E-state index in [2.05, 4.69) is 9.97 Å². The fourth-order valence-electron chi connectivity index (χ4n) is 3.91. The van der Waals surface area contributed by atoms with Crippen LogP contribution in [-0.4, -0.2) is 38.8 Å². The number of rotatable bonds is 2. The third kappa shape index (κ3) is 2.87. The lowest BCUT2D eigenvalue weighted by molar-refractivity contribution is 0.0706. The Labute approximate surface area is 155 Å². The number of fused-ring (bicyclic) bond motifs is 2. The predicted molar refractivity (Wildman–Crippen MR) is 102 cm³/mol. The minimum Gasteiger partial charge on any atom is -0.351 e. The molecule has 4 aromatic rings. The number of hydrogen-bond acceptors (Lipinski definition) is 2. The standard InChI is InChI=1S/C21H19FN4O/c22-15-5-6-16-14(11-15)12-19(23-16)21(27)26-9-7-13(8-10-26)20-24-17-3-1-2-4-18(17)25-20/h1-6,11-13,23H,7-10H2,(H,24,25). The number of halogens is 1. The van der Waals surface area contributed by atoms with E-state index in [0.29, 0.717) is 24.7 Å². The number of nitrogens with zero attached hydrogens (tertiary/aromatic N) is 2. The summed E-state index contributed by atoms with van der Waals surface area (Å²) < 4.78 is 13.4. The maximum Gasteiger partial charge on any atom is 0.270 e. The van der Waals surface area contributed by atoms with Gasteiger partial charge in [-0.3, -0.25) is 4.79 Å². The molecule has 0 aliphatic carbocycles. The van der Waals surface area contributed by atoms with Gasteiger partial charge in [0.15, 0.2) is 0 Å². The van der Waals surface area contributed by atoms with Crippen molar-refractivity contribution in [2.24, 2.45) is 0 Å². The topological polar surface area (TPSA) is 64.8 Å². The molecule has 0 atom stereocenters. The second-order valence-electron chi connectivity index (χ2n) is 7.12. The van der Waals surface area contributed by atoms with Gasteiger partial charge in [0.05, 0.1) is 11.0 Å². The second kappa shape index (κ2) is 6.23. The summed E-state index contributed by atoms with van der Waals surface area (Å²) in [5.41, 5.74) is 3.32. The Kier molecular flexibility index (Phi) is 3.70. The van der Waals surface area contributed by atoms with Gasteiger partial charge in [-0.15, -0.1) is 0 Å². The van der Waals surface area contributed by atoms with E-state index in [1.54, 1.807) is 12.1 Å². The van der Waals surface area contributed by atoms with Crippen LogP contribution >= 0.6 is 0 Å². The number of para-hydroxylation sites is 2. The lowest BCUT2D eigenvalue weighted by Crippen LogP contribution is -2.38. The lowest BCUT2D eigenvalue weighted by atomic mass is 9.96. The summed E-state index contributed by atoms with van der Waals surface area (Å²) in [5, 5.41) is 0.718. The zero-order valence-corrected chi connectivity index (χ0v) is 14.7. The number of amides is 1. The van der Waals surface area contributed by atoms with Crippen LogP contribution in [0.2, 0.25) is 0 Å². The van der Waals surface area contributed by atoms with E-state index in [1.165, 1.54) is 12.1 Å². The summed E-state index contributed by atoms with van der Waals surface area (Å²) in [6, 6.07) is 14.2. The molecule has 1 aliphatic heterocycles. The molecule has 0 radical (unpaired) electrons. The average Bonchev–Trinajstić information content (AvgIpc) is 3.31. The van der Waals surface area contributed by atoms with Gasteiger partial charge in [-0.25, -0.2) is 9.37 Å². The first-order valence-corrected chi connectivity index (χ1v) is 9.19. The fourth-order valence-corrected chi connectivity index (χ4v) is 3.91. The number of benzene rings is 2. The van der Waals surface area contributed by atoms with Crippen molar-refractivity contribution in [2.75, 3.05) is 13.1 Å². The summed E-state index contributed by atoms with van der Waals surface area (Å²) in [6.45, 7) is 1.37. The van der Waals surface area contributed by atoms with Crippen LogP contribution in [0, 0.1) is 5.82 Å². The van der Waals surface area contributed by atoms with Gasteiger partial charge in [-0.2, -0.15) is 0 Å². The van der Waals surface area contributed by atoms with Gasteiger partial charge in [0.25, 0.3) is 5.91 Å². The van der Waals surface area contributed by atoms with Crippen molar-refractivity contribution >= 4 is 27.8 Å². The lowest BCUT2D eigenvalue weighted by Gasteiger charge is -2.30. The number of aromatic nitrogens is 3. The number of H-pyrrole nitrogens is 2. The normalized spacial score (nSPS) is 15.7. The minimum absolute atomic E-state index is 0.0327. The van der Waals surface area contributed by atoms with Crippen LogP contribution in [-0.2, 0) is 0 Å². The molecule has 6 heteroatoms. The van der Waals surface area contributed by atoms with Crippen LogP contribution in [0.15, 0.2) is 48.5 Å². The minimum atomic E-state index is -0.299. The first kappa shape index (κ1) is 16.1. The maximum absolute atomic E-state index is 13.4. The van der Waals surface area contributed by atoms with Crippen molar-refractivity contribution in [1.29, 1.82) is 0 Å². The molecule has 2 aromatic heterocycles. The van der Waals surface area contributed by atoms with Gasteiger partial charge >= 0.3 is 0 Å². The Balaban J connectivity index is 1.31.